The Bertz CT molecular complexity index is 767. The largest absolute Gasteiger partial charge is 0.497 e. The first-order valence-corrected chi connectivity index (χ1v) is 9.19. The Morgan fingerprint density at radius 1 is 1.04 bits per heavy atom. The summed E-state index contributed by atoms with van der Waals surface area (Å²) in [5, 5.41) is 0. The molecular formula is C18H21NO3S. The summed E-state index contributed by atoms with van der Waals surface area (Å²) in [7, 11) is -1.84. The highest BCUT2D eigenvalue weighted by atomic mass is 32.2. The van der Waals surface area contributed by atoms with E-state index in [4.69, 9.17) is 4.74 Å². The number of nitrogens with zero attached hydrogens (tertiary/aromatic N) is 1. The van der Waals surface area contributed by atoms with Crippen molar-refractivity contribution in [1.82, 2.24) is 4.31 Å². The van der Waals surface area contributed by atoms with Crippen LogP contribution in [0.3, 0.4) is 0 Å². The second-order valence-corrected chi connectivity index (χ2v) is 7.75. The molecule has 0 radical (unpaired) electrons. The maximum Gasteiger partial charge on any atom is 0.243 e. The first-order chi connectivity index (χ1) is 11.0. The summed E-state index contributed by atoms with van der Waals surface area (Å²) >= 11 is 0. The average Bonchev–Trinajstić information content (AvgIpc) is 3.06. The van der Waals surface area contributed by atoms with Crippen LogP contribution in [-0.4, -0.2) is 26.4 Å². The zero-order valence-electron chi connectivity index (χ0n) is 13.4. The summed E-state index contributed by atoms with van der Waals surface area (Å²) in [5.74, 6) is 0.777. The Kier molecular flexibility index (Phi) is 4.41. The van der Waals surface area contributed by atoms with Crippen LogP contribution in [0.1, 0.15) is 30.0 Å². The van der Waals surface area contributed by atoms with Crippen molar-refractivity contribution in [2.24, 2.45) is 0 Å². The lowest BCUT2D eigenvalue weighted by molar-refractivity contribution is 0.394. The van der Waals surface area contributed by atoms with Crippen LogP contribution in [-0.2, 0) is 10.0 Å². The molecule has 1 fully saturated rings. The van der Waals surface area contributed by atoms with Crippen LogP contribution < -0.4 is 4.74 Å². The van der Waals surface area contributed by atoms with E-state index in [1.807, 2.05) is 43.3 Å². The fraction of sp³-hybridized carbons (Fsp3) is 0.333. The molecule has 1 aliphatic rings. The van der Waals surface area contributed by atoms with Crippen molar-refractivity contribution in [3.8, 4) is 5.75 Å². The highest BCUT2D eigenvalue weighted by Gasteiger charge is 2.36. The van der Waals surface area contributed by atoms with Gasteiger partial charge in [0, 0.05) is 6.54 Å². The zero-order valence-corrected chi connectivity index (χ0v) is 14.2. The Morgan fingerprint density at radius 2 is 1.70 bits per heavy atom. The third-order valence-electron chi connectivity index (χ3n) is 4.33. The first-order valence-electron chi connectivity index (χ1n) is 7.75. The van der Waals surface area contributed by atoms with Gasteiger partial charge < -0.3 is 4.74 Å². The third kappa shape index (κ3) is 3.12. The number of hydrogen-bond acceptors (Lipinski definition) is 3. The van der Waals surface area contributed by atoms with Crippen molar-refractivity contribution in [1.29, 1.82) is 0 Å². The van der Waals surface area contributed by atoms with Gasteiger partial charge in [0.2, 0.25) is 10.0 Å². The van der Waals surface area contributed by atoms with E-state index in [-0.39, 0.29) is 6.04 Å². The highest BCUT2D eigenvalue weighted by Crippen LogP contribution is 2.37. The molecule has 0 bridgehead atoms. The van der Waals surface area contributed by atoms with Gasteiger partial charge in [0.05, 0.1) is 18.0 Å². The molecule has 0 unspecified atom stereocenters. The third-order valence-corrected chi connectivity index (χ3v) is 6.25. The quantitative estimate of drug-likeness (QED) is 0.861. The summed E-state index contributed by atoms with van der Waals surface area (Å²) in [4.78, 5) is 0.364. The summed E-state index contributed by atoms with van der Waals surface area (Å²) in [5.41, 5.74) is 2.07. The number of rotatable bonds is 4. The summed E-state index contributed by atoms with van der Waals surface area (Å²) in [6.07, 6.45) is 1.72. The number of ether oxygens (including phenoxy) is 1. The SMILES string of the molecule is COc1ccc([C@@H]2CCCN2S(=O)(=O)c2ccc(C)cc2)cc1. The molecule has 1 atom stereocenters. The minimum absolute atomic E-state index is 0.104. The molecule has 0 amide bonds. The molecule has 0 saturated carbocycles. The summed E-state index contributed by atoms with van der Waals surface area (Å²) in [6, 6.07) is 14.6. The molecule has 5 heteroatoms. The van der Waals surface area contributed by atoms with Gasteiger partial charge in [0.1, 0.15) is 5.75 Å². The van der Waals surface area contributed by atoms with Crippen LogP contribution >= 0.6 is 0 Å². The lowest BCUT2D eigenvalue weighted by Crippen LogP contribution is -2.30. The molecule has 4 nitrogen and oxygen atoms in total. The van der Waals surface area contributed by atoms with E-state index in [2.05, 4.69) is 0 Å². The van der Waals surface area contributed by atoms with E-state index < -0.39 is 10.0 Å². The first kappa shape index (κ1) is 16.0. The van der Waals surface area contributed by atoms with E-state index in [0.717, 1.165) is 29.7 Å². The number of hydrogen-bond donors (Lipinski definition) is 0. The minimum atomic E-state index is -3.47. The summed E-state index contributed by atoms with van der Waals surface area (Å²) < 4.78 is 32.7. The molecule has 1 saturated heterocycles. The topological polar surface area (TPSA) is 46.6 Å². The van der Waals surface area contributed by atoms with Gasteiger partial charge in [-0.25, -0.2) is 8.42 Å². The zero-order chi connectivity index (χ0) is 16.4. The minimum Gasteiger partial charge on any atom is -0.497 e. The van der Waals surface area contributed by atoms with Gasteiger partial charge in [-0.15, -0.1) is 0 Å². The fourth-order valence-electron chi connectivity index (χ4n) is 3.03. The van der Waals surface area contributed by atoms with Crippen LogP contribution in [0.5, 0.6) is 5.75 Å². The van der Waals surface area contributed by atoms with Crippen molar-refractivity contribution in [3.63, 3.8) is 0 Å². The van der Waals surface area contributed by atoms with E-state index >= 15 is 0 Å². The normalized spacial score (nSPS) is 19.0. The predicted molar refractivity (Wildman–Crippen MR) is 90.0 cm³/mol. The van der Waals surface area contributed by atoms with E-state index in [1.165, 1.54) is 0 Å². The number of aryl methyl sites for hydroxylation is 1. The lowest BCUT2D eigenvalue weighted by Gasteiger charge is -2.24. The maximum atomic E-state index is 13.0. The molecule has 0 aromatic heterocycles. The van der Waals surface area contributed by atoms with E-state index in [9.17, 15) is 8.42 Å². The second-order valence-electron chi connectivity index (χ2n) is 5.86. The average molecular weight is 331 g/mol. The molecule has 1 heterocycles. The van der Waals surface area contributed by atoms with Gasteiger partial charge in [-0.2, -0.15) is 4.31 Å². The number of methoxy groups -OCH3 is 1. The van der Waals surface area contributed by atoms with Gasteiger partial charge in [-0.1, -0.05) is 29.8 Å². The number of sulfonamides is 1. The molecule has 2 aromatic rings. The van der Waals surface area contributed by atoms with Crippen LogP contribution in [0, 0.1) is 6.92 Å². The van der Waals surface area contributed by atoms with Crippen molar-refractivity contribution >= 4 is 10.0 Å². The van der Waals surface area contributed by atoms with Crippen LogP contribution in [0.2, 0.25) is 0 Å². The molecule has 2 aromatic carbocycles. The monoisotopic (exact) mass is 331 g/mol. The molecule has 3 rings (SSSR count). The Hall–Kier alpha value is -1.85. The summed E-state index contributed by atoms with van der Waals surface area (Å²) in [6.45, 7) is 2.51. The Balaban J connectivity index is 1.92. The van der Waals surface area contributed by atoms with Crippen molar-refractivity contribution in [2.45, 2.75) is 30.7 Å². The van der Waals surface area contributed by atoms with Crippen LogP contribution in [0.25, 0.3) is 0 Å². The molecule has 1 aliphatic heterocycles. The standard InChI is InChI=1S/C18H21NO3S/c1-14-5-11-17(12-6-14)23(20,21)19-13-3-4-18(19)15-7-9-16(22-2)10-8-15/h5-12,18H,3-4,13H2,1-2H3/t18-/m0/s1. The predicted octanol–water partition coefficient (Wildman–Crippen LogP) is 3.53. The molecule has 23 heavy (non-hydrogen) atoms. The molecule has 0 aliphatic carbocycles. The van der Waals surface area contributed by atoms with Crippen LogP contribution in [0.4, 0.5) is 0 Å². The van der Waals surface area contributed by atoms with Crippen LogP contribution in [0.15, 0.2) is 53.4 Å². The highest BCUT2D eigenvalue weighted by molar-refractivity contribution is 7.89. The molecule has 0 N–H and O–H groups in total. The van der Waals surface area contributed by atoms with Crippen molar-refractivity contribution in [2.75, 3.05) is 13.7 Å². The van der Waals surface area contributed by atoms with E-state index in [0.29, 0.717) is 11.4 Å². The van der Waals surface area contributed by atoms with Gasteiger partial charge in [0.25, 0.3) is 0 Å². The molecule has 0 spiro atoms. The second kappa shape index (κ2) is 6.34. The Morgan fingerprint density at radius 3 is 2.30 bits per heavy atom. The molecular weight excluding hydrogens is 310 g/mol. The molecule has 122 valence electrons. The van der Waals surface area contributed by atoms with Gasteiger partial charge in [0.15, 0.2) is 0 Å². The van der Waals surface area contributed by atoms with Gasteiger partial charge in [-0.05, 0) is 49.6 Å². The smallest absolute Gasteiger partial charge is 0.243 e. The van der Waals surface area contributed by atoms with Gasteiger partial charge in [-0.3, -0.25) is 0 Å². The fourth-order valence-corrected chi connectivity index (χ4v) is 4.72. The van der Waals surface area contributed by atoms with Gasteiger partial charge >= 0.3 is 0 Å². The maximum absolute atomic E-state index is 13.0. The Labute approximate surface area is 137 Å². The van der Waals surface area contributed by atoms with E-state index in [1.54, 1.807) is 23.5 Å². The lowest BCUT2D eigenvalue weighted by atomic mass is 10.1. The van der Waals surface area contributed by atoms with Crippen molar-refractivity contribution < 1.29 is 13.2 Å². The number of benzene rings is 2. The van der Waals surface area contributed by atoms with Crippen molar-refractivity contribution in [3.05, 3.63) is 59.7 Å².